The third-order valence-corrected chi connectivity index (χ3v) is 5.92. The molecule has 1 amide bonds. The summed E-state index contributed by atoms with van der Waals surface area (Å²) in [6, 6.07) is 31.1. The topological polar surface area (TPSA) is 111 Å². The van der Waals surface area contributed by atoms with E-state index in [0.29, 0.717) is 27.7 Å². The number of nitrogens with one attached hydrogen (secondary N) is 1. The number of carbonyl (C=O) groups excluding carboxylic acids is 2. The maximum absolute atomic E-state index is 13.5. The van der Waals surface area contributed by atoms with Crippen LogP contribution >= 0.6 is 0 Å². The van der Waals surface area contributed by atoms with Crippen LogP contribution < -0.4 is 5.32 Å². The van der Waals surface area contributed by atoms with Crippen LogP contribution in [0.25, 0.3) is 22.2 Å². The predicted octanol–water partition coefficient (Wildman–Crippen LogP) is 6.42. The number of fused-ring (bicyclic) bond motifs is 1. The molecule has 0 saturated heterocycles. The number of aromatic nitrogens is 1. The van der Waals surface area contributed by atoms with Gasteiger partial charge in [-0.2, -0.15) is 0 Å². The molecule has 38 heavy (non-hydrogen) atoms. The third-order valence-electron chi connectivity index (χ3n) is 5.92. The summed E-state index contributed by atoms with van der Waals surface area (Å²) in [5.74, 6) is -1.07. The number of esters is 1. The van der Waals surface area contributed by atoms with Crippen LogP contribution in [0.2, 0.25) is 0 Å². The number of hydrogen-bond acceptors (Lipinski definition) is 6. The number of amides is 1. The molecule has 0 aliphatic rings. The molecule has 0 atom stereocenters. The number of ether oxygens (including phenoxy) is 1. The highest BCUT2D eigenvalue weighted by molar-refractivity contribution is 6.14. The number of hydrogen-bond donors (Lipinski definition) is 1. The van der Waals surface area contributed by atoms with Gasteiger partial charge < -0.3 is 10.1 Å². The number of anilines is 1. The van der Waals surface area contributed by atoms with Crippen molar-refractivity contribution in [2.24, 2.45) is 0 Å². The number of benzene rings is 4. The molecule has 1 aromatic heterocycles. The number of para-hydroxylation sites is 2. The fourth-order valence-electron chi connectivity index (χ4n) is 4.07. The first kappa shape index (κ1) is 24.3. The molecule has 8 nitrogen and oxygen atoms in total. The zero-order valence-corrected chi connectivity index (χ0v) is 20.0. The Morgan fingerprint density at radius 1 is 0.816 bits per heavy atom. The van der Waals surface area contributed by atoms with Crippen molar-refractivity contribution in [1.29, 1.82) is 0 Å². The Morgan fingerprint density at radius 3 is 2.37 bits per heavy atom. The van der Waals surface area contributed by atoms with Gasteiger partial charge in [0, 0.05) is 23.1 Å². The number of rotatable bonds is 7. The molecule has 0 unspecified atom stereocenters. The number of non-ortho nitro benzene ring substituents is 1. The van der Waals surface area contributed by atoms with Gasteiger partial charge in [-0.1, -0.05) is 72.8 Å². The molecule has 0 saturated carbocycles. The van der Waals surface area contributed by atoms with E-state index in [0.717, 1.165) is 5.56 Å². The first-order chi connectivity index (χ1) is 18.5. The van der Waals surface area contributed by atoms with Gasteiger partial charge in [-0.25, -0.2) is 9.78 Å². The van der Waals surface area contributed by atoms with Crippen LogP contribution in [-0.4, -0.2) is 21.8 Å². The number of nitrogens with zero attached hydrogens (tertiary/aromatic N) is 2. The Hall–Kier alpha value is -5.37. The Kier molecular flexibility index (Phi) is 6.86. The Labute approximate surface area is 217 Å². The molecular weight excluding hydrogens is 482 g/mol. The zero-order valence-electron chi connectivity index (χ0n) is 20.0. The summed E-state index contributed by atoms with van der Waals surface area (Å²) in [4.78, 5) is 41.6. The Bertz CT molecular complexity index is 1670. The quantitative estimate of drug-likeness (QED) is 0.156. The Morgan fingerprint density at radius 2 is 1.55 bits per heavy atom. The molecule has 1 N–H and O–H groups in total. The molecule has 0 aliphatic carbocycles. The van der Waals surface area contributed by atoms with Gasteiger partial charge >= 0.3 is 5.97 Å². The smallest absolute Gasteiger partial charge is 0.340 e. The molecule has 0 spiro atoms. The monoisotopic (exact) mass is 503 g/mol. The second-order valence-corrected chi connectivity index (χ2v) is 8.44. The molecule has 5 rings (SSSR count). The normalized spacial score (nSPS) is 10.6. The standard InChI is InChI=1S/C30H21N3O5/c34-29(25-18-28(21-10-2-1-3-11-21)31-26-15-6-4-13-23(25)26)32-27-16-7-5-14-24(27)30(35)38-19-20-9-8-12-22(17-20)33(36)37/h1-18H,19H2,(H,32,34). The zero-order chi connectivity index (χ0) is 26.5. The van der Waals surface area contributed by atoms with E-state index >= 15 is 0 Å². The van der Waals surface area contributed by atoms with Gasteiger partial charge in [-0.3, -0.25) is 14.9 Å². The lowest BCUT2D eigenvalue weighted by Gasteiger charge is -2.13. The summed E-state index contributed by atoms with van der Waals surface area (Å²) in [6.45, 7) is -0.155. The molecule has 5 aromatic rings. The number of nitro groups is 1. The van der Waals surface area contributed by atoms with Crippen molar-refractivity contribution in [2.45, 2.75) is 6.61 Å². The summed E-state index contributed by atoms with van der Waals surface area (Å²) in [5, 5.41) is 14.5. The van der Waals surface area contributed by atoms with Gasteiger partial charge in [0.25, 0.3) is 11.6 Å². The first-order valence-electron chi connectivity index (χ1n) is 11.8. The van der Waals surface area contributed by atoms with Crippen molar-refractivity contribution in [3.05, 3.63) is 136 Å². The van der Waals surface area contributed by atoms with E-state index in [-0.39, 0.29) is 23.5 Å². The van der Waals surface area contributed by atoms with E-state index in [1.807, 2.05) is 54.6 Å². The van der Waals surface area contributed by atoms with Gasteiger partial charge in [-0.15, -0.1) is 0 Å². The summed E-state index contributed by atoms with van der Waals surface area (Å²) >= 11 is 0. The highest BCUT2D eigenvalue weighted by Crippen LogP contribution is 2.26. The van der Waals surface area contributed by atoms with Crippen molar-refractivity contribution >= 4 is 34.2 Å². The molecule has 4 aromatic carbocycles. The number of nitro benzene ring substituents is 1. The second kappa shape index (κ2) is 10.7. The highest BCUT2D eigenvalue weighted by Gasteiger charge is 2.19. The van der Waals surface area contributed by atoms with Crippen LogP contribution in [0.1, 0.15) is 26.3 Å². The number of pyridine rings is 1. The van der Waals surface area contributed by atoms with E-state index in [4.69, 9.17) is 9.72 Å². The average Bonchev–Trinajstić information content (AvgIpc) is 2.96. The van der Waals surface area contributed by atoms with Crippen LogP contribution in [0.15, 0.2) is 109 Å². The lowest BCUT2D eigenvalue weighted by Crippen LogP contribution is -2.16. The summed E-state index contributed by atoms with van der Waals surface area (Å²) in [5.41, 5.74) is 3.43. The van der Waals surface area contributed by atoms with Crippen molar-refractivity contribution < 1.29 is 19.2 Å². The van der Waals surface area contributed by atoms with Crippen LogP contribution in [0.5, 0.6) is 0 Å². The highest BCUT2D eigenvalue weighted by atomic mass is 16.6. The van der Waals surface area contributed by atoms with Gasteiger partial charge in [0.1, 0.15) is 6.61 Å². The molecule has 0 bridgehead atoms. The Balaban J connectivity index is 1.41. The minimum atomic E-state index is -0.669. The van der Waals surface area contributed by atoms with Crippen LogP contribution in [0.4, 0.5) is 11.4 Å². The average molecular weight is 504 g/mol. The summed E-state index contributed by atoms with van der Waals surface area (Å²) in [6.07, 6.45) is 0. The maximum atomic E-state index is 13.5. The van der Waals surface area contributed by atoms with Crippen LogP contribution in [0.3, 0.4) is 0 Å². The van der Waals surface area contributed by atoms with Gasteiger partial charge in [0.05, 0.1) is 32.9 Å². The molecule has 0 radical (unpaired) electrons. The summed E-state index contributed by atoms with van der Waals surface area (Å²) < 4.78 is 5.40. The molecule has 0 aliphatic heterocycles. The van der Waals surface area contributed by atoms with Crippen molar-refractivity contribution in [3.8, 4) is 11.3 Å². The fourth-order valence-corrected chi connectivity index (χ4v) is 4.07. The molecule has 186 valence electrons. The first-order valence-corrected chi connectivity index (χ1v) is 11.8. The van der Waals surface area contributed by atoms with Crippen LogP contribution in [0, 0.1) is 10.1 Å². The molecule has 1 heterocycles. The van der Waals surface area contributed by atoms with Gasteiger partial charge in [0.15, 0.2) is 0 Å². The summed E-state index contributed by atoms with van der Waals surface area (Å²) in [7, 11) is 0. The SMILES string of the molecule is O=C(OCc1cccc([N+](=O)[O-])c1)c1ccccc1NC(=O)c1cc(-c2ccccc2)nc2ccccc12. The van der Waals surface area contributed by atoms with Crippen molar-refractivity contribution in [1.82, 2.24) is 4.98 Å². The lowest BCUT2D eigenvalue weighted by atomic mass is 10.0. The molecular formula is C30H21N3O5. The lowest BCUT2D eigenvalue weighted by molar-refractivity contribution is -0.384. The van der Waals surface area contributed by atoms with Crippen molar-refractivity contribution in [2.75, 3.05) is 5.32 Å². The fraction of sp³-hybridized carbons (Fsp3) is 0.0333. The van der Waals surface area contributed by atoms with Gasteiger partial charge in [0.2, 0.25) is 0 Å². The number of carbonyl (C=O) groups is 2. The van der Waals surface area contributed by atoms with E-state index in [1.54, 1.807) is 36.4 Å². The molecule has 8 heteroatoms. The minimum absolute atomic E-state index is 0.0920. The molecule has 0 fully saturated rings. The minimum Gasteiger partial charge on any atom is -0.457 e. The van der Waals surface area contributed by atoms with E-state index in [1.165, 1.54) is 18.2 Å². The van der Waals surface area contributed by atoms with Gasteiger partial charge in [-0.05, 0) is 29.8 Å². The predicted molar refractivity (Wildman–Crippen MR) is 144 cm³/mol. The maximum Gasteiger partial charge on any atom is 0.340 e. The second-order valence-electron chi connectivity index (χ2n) is 8.44. The van der Waals surface area contributed by atoms with Crippen LogP contribution in [-0.2, 0) is 11.3 Å². The van der Waals surface area contributed by atoms with E-state index in [9.17, 15) is 19.7 Å². The third kappa shape index (κ3) is 5.24. The van der Waals surface area contributed by atoms with E-state index in [2.05, 4.69) is 5.32 Å². The largest absolute Gasteiger partial charge is 0.457 e. The van der Waals surface area contributed by atoms with Crippen molar-refractivity contribution in [3.63, 3.8) is 0 Å². The van der Waals surface area contributed by atoms with E-state index < -0.39 is 16.8 Å².